The van der Waals surface area contributed by atoms with Gasteiger partial charge in [0.05, 0.1) is 28.9 Å². The predicted molar refractivity (Wildman–Crippen MR) is 127 cm³/mol. The first-order valence-corrected chi connectivity index (χ1v) is 11.2. The van der Waals surface area contributed by atoms with Crippen LogP contribution < -0.4 is 10.6 Å². The number of hydrogen-bond acceptors (Lipinski definition) is 6. The second kappa shape index (κ2) is 8.95. The van der Waals surface area contributed by atoms with Crippen LogP contribution in [0.3, 0.4) is 0 Å². The Bertz CT molecular complexity index is 1340. The molecule has 0 spiro atoms. The number of hydrogen-bond donors (Lipinski definition) is 2. The SMILES string of the molecule is CC(C)(C)C(=O)NCC(=O)Nc1cccc(-c2ccnc3c(C(=O)c4cccs4)cnn23)c1. The van der Waals surface area contributed by atoms with E-state index in [1.54, 1.807) is 55.7 Å². The predicted octanol–water partition coefficient (Wildman–Crippen LogP) is 3.79. The molecule has 0 unspecified atom stereocenters. The lowest BCUT2D eigenvalue weighted by Crippen LogP contribution is -2.39. The van der Waals surface area contributed by atoms with Crippen LogP contribution in [0.15, 0.2) is 60.2 Å². The van der Waals surface area contributed by atoms with Gasteiger partial charge in [0.1, 0.15) is 0 Å². The molecule has 1 aromatic carbocycles. The molecule has 0 aliphatic heterocycles. The zero-order valence-corrected chi connectivity index (χ0v) is 19.3. The summed E-state index contributed by atoms with van der Waals surface area (Å²) in [7, 11) is 0. The Morgan fingerprint density at radius 1 is 1.09 bits per heavy atom. The van der Waals surface area contributed by atoms with Gasteiger partial charge in [-0.25, -0.2) is 9.50 Å². The van der Waals surface area contributed by atoms with E-state index in [4.69, 9.17) is 0 Å². The summed E-state index contributed by atoms with van der Waals surface area (Å²) < 4.78 is 1.62. The maximum Gasteiger partial charge on any atom is 0.243 e. The van der Waals surface area contributed by atoms with Crippen molar-refractivity contribution in [1.29, 1.82) is 0 Å². The van der Waals surface area contributed by atoms with Crippen LogP contribution in [0, 0.1) is 5.41 Å². The molecule has 8 nitrogen and oxygen atoms in total. The molecule has 0 aliphatic carbocycles. The van der Waals surface area contributed by atoms with E-state index in [-0.39, 0.29) is 24.1 Å². The Hall–Kier alpha value is -3.85. The van der Waals surface area contributed by atoms with Crippen LogP contribution >= 0.6 is 11.3 Å². The van der Waals surface area contributed by atoms with Crippen molar-refractivity contribution in [1.82, 2.24) is 19.9 Å². The molecule has 3 heterocycles. The number of thiophene rings is 1. The lowest BCUT2D eigenvalue weighted by Gasteiger charge is -2.17. The van der Waals surface area contributed by atoms with Crippen LogP contribution in [0.2, 0.25) is 0 Å². The van der Waals surface area contributed by atoms with Crippen LogP contribution in [0.4, 0.5) is 5.69 Å². The zero-order valence-electron chi connectivity index (χ0n) is 18.5. The van der Waals surface area contributed by atoms with Crippen molar-refractivity contribution in [2.45, 2.75) is 20.8 Å². The van der Waals surface area contributed by atoms with Gasteiger partial charge in [-0.3, -0.25) is 14.4 Å². The number of carbonyl (C=O) groups is 3. The van der Waals surface area contributed by atoms with E-state index in [9.17, 15) is 14.4 Å². The van der Waals surface area contributed by atoms with Crippen molar-refractivity contribution in [3.05, 3.63) is 70.7 Å². The molecular weight excluding hydrogens is 438 g/mol. The summed E-state index contributed by atoms with van der Waals surface area (Å²) in [6.07, 6.45) is 3.16. The molecule has 2 amide bonds. The number of nitrogens with zero attached hydrogens (tertiary/aromatic N) is 3. The highest BCUT2D eigenvalue weighted by atomic mass is 32.1. The van der Waals surface area contributed by atoms with Crippen molar-refractivity contribution >= 4 is 40.3 Å². The monoisotopic (exact) mass is 461 g/mol. The Balaban J connectivity index is 1.56. The van der Waals surface area contributed by atoms with Gasteiger partial charge in [0.15, 0.2) is 5.65 Å². The van der Waals surface area contributed by atoms with Crippen LogP contribution in [0.1, 0.15) is 36.0 Å². The first-order valence-electron chi connectivity index (χ1n) is 10.3. The molecule has 9 heteroatoms. The minimum Gasteiger partial charge on any atom is -0.347 e. The lowest BCUT2D eigenvalue weighted by atomic mass is 9.96. The van der Waals surface area contributed by atoms with Gasteiger partial charge in [0, 0.05) is 22.9 Å². The Labute approximate surface area is 194 Å². The van der Waals surface area contributed by atoms with Crippen LogP contribution in [-0.4, -0.2) is 38.7 Å². The van der Waals surface area contributed by atoms with E-state index in [2.05, 4.69) is 20.7 Å². The van der Waals surface area contributed by atoms with Crippen LogP contribution in [-0.2, 0) is 9.59 Å². The van der Waals surface area contributed by atoms with Gasteiger partial charge in [-0.05, 0) is 29.6 Å². The molecule has 4 aromatic rings. The van der Waals surface area contributed by atoms with E-state index in [1.165, 1.54) is 17.5 Å². The first kappa shape index (κ1) is 22.3. The quantitative estimate of drug-likeness (QED) is 0.425. The summed E-state index contributed by atoms with van der Waals surface area (Å²) in [5, 5.41) is 11.7. The highest BCUT2D eigenvalue weighted by Gasteiger charge is 2.21. The number of carbonyl (C=O) groups excluding carboxylic acids is 3. The number of amides is 2. The Kier molecular flexibility index (Phi) is 6.06. The van der Waals surface area contributed by atoms with Gasteiger partial charge < -0.3 is 10.6 Å². The molecule has 0 saturated heterocycles. The average molecular weight is 462 g/mol. The second-order valence-electron chi connectivity index (χ2n) is 8.49. The van der Waals surface area contributed by atoms with Crippen molar-refractivity contribution in [2.24, 2.45) is 5.41 Å². The molecule has 3 aromatic heterocycles. The van der Waals surface area contributed by atoms with E-state index in [1.807, 2.05) is 23.6 Å². The molecule has 2 N–H and O–H groups in total. The summed E-state index contributed by atoms with van der Waals surface area (Å²) in [6.45, 7) is 5.24. The lowest BCUT2D eigenvalue weighted by molar-refractivity contribution is -0.130. The summed E-state index contributed by atoms with van der Waals surface area (Å²) >= 11 is 1.37. The Morgan fingerprint density at radius 2 is 1.91 bits per heavy atom. The van der Waals surface area contributed by atoms with E-state index >= 15 is 0 Å². The molecule has 0 bridgehead atoms. The molecule has 168 valence electrons. The molecule has 0 fully saturated rings. The van der Waals surface area contributed by atoms with Gasteiger partial charge in [0.25, 0.3) is 0 Å². The number of rotatable bonds is 6. The molecule has 33 heavy (non-hydrogen) atoms. The largest absolute Gasteiger partial charge is 0.347 e. The normalized spacial score (nSPS) is 11.4. The molecular formula is C24H23N5O3S. The molecule has 4 rings (SSSR count). The standard InChI is InChI=1S/C24H23N5O3S/c1-24(2,3)23(32)26-14-20(30)28-16-7-4-6-15(12-16)18-9-10-25-22-17(13-27-29(18)22)21(31)19-8-5-11-33-19/h4-13H,14H2,1-3H3,(H,26,32)(H,28,30). The smallest absolute Gasteiger partial charge is 0.243 e. The third-order valence-corrected chi connectivity index (χ3v) is 5.79. The summed E-state index contributed by atoms with van der Waals surface area (Å²) in [6, 6.07) is 12.7. The third-order valence-electron chi connectivity index (χ3n) is 4.92. The highest BCUT2D eigenvalue weighted by molar-refractivity contribution is 7.12. The molecule has 0 atom stereocenters. The average Bonchev–Trinajstić information content (AvgIpc) is 3.46. The number of nitrogens with one attached hydrogen (secondary N) is 2. The van der Waals surface area contributed by atoms with Gasteiger partial charge in [-0.1, -0.05) is 39.0 Å². The fourth-order valence-electron chi connectivity index (χ4n) is 3.20. The van der Waals surface area contributed by atoms with E-state index < -0.39 is 5.41 Å². The van der Waals surface area contributed by atoms with Crippen molar-refractivity contribution < 1.29 is 14.4 Å². The molecule has 0 radical (unpaired) electrons. The molecule has 0 aliphatic rings. The van der Waals surface area contributed by atoms with Gasteiger partial charge in [-0.15, -0.1) is 11.3 Å². The van der Waals surface area contributed by atoms with Crippen LogP contribution in [0.25, 0.3) is 16.9 Å². The summed E-state index contributed by atoms with van der Waals surface area (Å²) in [4.78, 5) is 42.1. The fraction of sp³-hybridized carbons (Fsp3) is 0.208. The number of aromatic nitrogens is 3. The minimum atomic E-state index is -0.569. The van der Waals surface area contributed by atoms with Crippen molar-refractivity contribution in [3.8, 4) is 11.3 Å². The number of benzene rings is 1. The van der Waals surface area contributed by atoms with E-state index in [0.717, 1.165) is 11.3 Å². The first-order chi connectivity index (χ1) is 15.7. The van der Waals surface area contributed by atoms with Gasteiger partial charge in [0.2, 0.25) is 17.6 Å². The van der Waals surface area contributed by atoms with E-state index in [0.29, 0.717) is 21.8 Å². The second-order valence-corrected chi connectivity index (χ2v) is 9.44. The third kappa shape index (κ3) is 4.83. The minimum absolute atomic E-state index is 0.118. The van der Waals surface area contributed by atoms with Crippen molar-refractivity contribution in [3.63, 3.8) is 0 Å². The number of ketones is 1. The number of anilines is 1. The fourth-order valence-corrected chi connectivity index (χ4v) is 3.88. The summed E-state index contributed by atoms with van der Waals surface area (Å²) in [5.74, 6) is -0.646. The van der Waals surface area contributed by atoms with Gasteiger partial charge >= 0.3 is 0 Å². The van der Waals surface area contributed by atoms with Crippen LogP contribution in [0.5, 0.6) is 0 Å². The summed E-state index contributed by atoms with van der Waals surface area (Å²) in [5.41, 5.74) is 2.41. The maximum absolute atomic E-state index is 12.8. The topological polar surface area (TPSA) is 105 Å². The maximum atomic E-state index is 12.8. The Morgan fingerprint density at radius 3 is 2.64 bits per heavy atom. The highest BCUT2D eigenvalue weighted by Crippen LogP contribution is 2.25. The van der Waals surface area contributed by atoms with Gasteiger partial charge in [-0.2, -0.15) is 5.10 Å². The number of fused-ring (bicyclic) bond motifs is 1. The van der Waals surface area contributed by atoms with Crippen molar-refractivity contribution in [2.75, 3.05) is 11.9 Å². The zero-order chi connectivity index (χ0) is 23.6. The molecule has 0 saturated carbocycles.